The van der Waals surface area contributed by atoms with Crippen molar-refractivity contribution in [2.24, 2.45) is 4.99 Å². The number of ether oxygens (including phenoxy) is 2. The van der Waals surface area contributed by atoms with Crippen molar-refractivity contribution >= 4 is 44.7 Å². The molecule has 0 atom stereocenters. The Morgan fingerprint density at radius 1 is 1.31 bits per heavy atom. The van der Waals surface area contributed by atoms with Crippen molar-refractivity contribution in [1.29, 1.82) is 0 Å². The number of fused-ring (bicyclic) bond motifs is 2. The molecule has 4 rings (SSSR count). The molecule has 148 valence electrons. The molecule has 0 saturated heterocycles. The number of carbonyl (C=O) groups excluding carboxylic acids is 1. The predicted octanol–water partition coefficient (Wildman–Crippen LogP) is 3.96. The van der Waals surface area contributed by atoms with Crippen molar-refractivity contribution in [3.8, 4) is 11.5 Å². The highest BCUT2D eigenvalue weighted by molar-refractivity contribution is 7.16. The Kier molecular flexibility index (Phi) is 5.08. The van der Waals surface area contributed by atoms with Gasteiger partial charge in [0, 0.05) is 29.8 Å². The second kappa shape index (κ2) is 7.69. The molecule has 2 aromatic carbocycles. The number of halogens is 1. The first-order chi connectivity index (χ1) is 14.0. The summed E-state index contributed by atoms with van der Waals surface area (Å²) in [7, 11) is 0. The molecule has 1 aliphatic rings. The minimum atomic E-state index is -0.749. The number of rotatable bonds is 4. The summed E-state index contributed by atoms with van der Waals surface area (Å²) in [6, 6.07) is 7.46. The molecule has 1 aliphatic heterocycles. The number of aromatic nitrogens is 1. The number of nitro benzene ring substituents is 1. The Bertz CT molecular complexity index is 1230. The van der Waals surface area contributed by atoms with Crippen LogP contribution >= 0.6 is 22.9 Å². The van der Waals surface area contributed by atoms with E-state index in [2.05, 4.69) is 11.6 Å². The predicted molar refractivity (Wildman–Crippen MR) is 109 cm³/mol. The number of nitro groups is 1. The van der Waals surface area contributed by atoms with Gasteiger partial charge in [-0.1, -0.05) is 29.0 Å². The minimum absolute atomic E-state index is 0.170. The Morgan fingerprint density at radius 2 is 2.03 bits per heavy atom. The maximum atomic E-state index is 12.8. The molecule has 29 heavy (non-hydrogen) atoms. The van der Waals surface area contributed by atoms with Crippen LogP contribution in [0.3, 0.4) is 0 Å². The van der Waals surface area contributed by atoms with Crippen molar-refractivity contribution < 1.29 is 19.2 Å². The third-order valence-corrected chi connectivity index (χ3v) is 5.52. The van der Waals surface area contributed by atoms with E-state index < -0.39 is 10.8 Å². The lowest BCUT2D eigenvalue weighted by atomic mass is 10.2. The number of carbonyl (C=O) groups is 1. The van der Waals surface area contributed by atoms with Crippen LogP contribution in [0.2, 0.25) is 5.02 Å². The summed E-state index contributed by atoms with van der Waals surface area (Å²) in [5.74, 6) is 0.489. The zero-order chi connectivity index (χ0) is 20.5. The molecule has 0 N–H and O–H groups in total. The van der Waals surface area contributed by atoms with Gasteiger partial charge in [-0.3, -0.25) is 14.9 Å². The quantitative estimate of drug-likeness (QED) is 0.354. The molecule has 2 heterocycles. The lowest BCUT2D eigenvalue weighted by Gasteiger charge is -2.18. The van der Waals surface area contributed by atoms with E-state index in [1.54, 1.807) is 10.6 Å². The smallest absolute Gasteiger partial charge is 0.286 e. The Hall–Kier alpha value is -3.17. The van der Waals surface area contributed by atoms with E-state index in [9.17, 15) is 14.9 Å². The van der Waals surface area contributed by atoms with Gasteiger partial charge in [0.2, 0.25) is 0 Å². The van der Waals surface area contributed by atoms with E-state index in [0.29, 0.717) is 36.1 Å². The van der Waals surface area contributed by atoms with Gasteiger partial charge in [-0.05, 0) is 12.1 Å². The van der Waals surface area contributed by atoms with Crippen LogP contribution in [0.1, 0.15) is 10.4 Å². The molecule has 0 bridgehead atoms. The van der Waals surface area contributed by atoms with Gasteiger partial charge in [0.1, 0.15) is 18.8 Å². The van der Waals surface area contributed by atoms with Gasteiger partial charge in [0.15, 0.2) is 16.3 Å². The van der Waals surface area contributed by atoms with Crippen molar-refractivity contribution in [2.45, 2.75) is 6.54 Å². The van der Waals surface area contributed by atoms with E-state index in [0.717, 1.165) is 10.2 Å². The fourth-order valence-electron chi connectivity index (χ4n) is 2.98. The normalized spacial score (nSPS) is 13.5. The van der Waals surface area contributed by atoms with Crippen LogP contribution in [-0.2, 0) is 6.54 Å². The maximum Gasteiger partial charge on any atom is 0.286 e. The van der Waals surface area contributed by atoms with Crippen molar-refractivity contribution in [3.05, 3.63) is 68.5 Å². The summed E-state index contributed by atoms with van der Waals surface area (Å²) in [5.41, 5.74) is 0.277. The Labute approximate surface area is 173 Å². The summed E-state index contributed by atoms with van der Waals surface area (Å²) in [6.07, 6.45) is 1.67. The molecule has 0 unspecified atom stereocenters. The maximum absolute atomic E-state index is 12.8. The standard InChI is InChI=1S/C19H14ClN3O5S/c1-2-5-22-14-9-15-16(28-7-6-27-15)10-17(14)29-19(22)21-18(24)12-8-11(20)3-4-13(12)23(25)26/h2-4,8-10H,1,5-7H2. The summed E-state index contributed by atoms with van der Waals surface area (Å²) in [5, 5.41) is 11.5. The largest absolute Gasteiger partial charge is 0.486 e. The van der Waals surface area contributed by atoms with Crippen LogP contribution in [0.15, 0.2) is 48.0 Å². The lowest BCUT2D eigenvalue weighted by Crippen LogP contribution is -2.17. The highest BCUT2D eigenvalue weighted by Crippen LogP contribution is 2.35. The van der Waals surface area contributed by atoms with Crippen LogP contribution in [0.5, 0.6) is 11.5 Å². The summed E-state index contributed by atoms with van der Waals surface area (Å²) in [4.78, 5) is 27.9. The highest BCUT2D eigenvalue weighted by Gasteiger charge is 2.21. The number of thiazole rings is 1. The first-order valence-corrected chi connectivity index (χ1v) is 9.74. The number of nitrogens with zero attached hydrogens (tertiary/aromatic N) is 3. The number of hydrogen-bond donors (Lipinski definition) is 0. The van der Waals surface area contributed by atoms with E-state index >= 15 is 0 Å². The van der Waals surface area contributed by atoms with Crippen LogP contribution in [0, 0.1) is 10.1 Å². The first kappa shape index (κ1) is 19.2. The zero-order valence-corrected chi connectivity index (χ0v) is 16.5. The molecule has 0 fully saturated rings. The topological polar surface area (TPSA) is 96.0 Å². The van der Waals surface area contributed by atoms with Crippen LogP contribution in [0.25, 0.3) is 10.2 Å². The van der Waals surface area contributed by atoms with Crippen LogP contribution < -0.4 is 14.3 Å². The van der Waals surface area contributed by atoms with Crippen LogP contribution in [-0.4, -0.2) is 28.6 Å². The average molecular weight is 432 g/mol. The number of hydrogen-bond acceptors (Lipinski definition) is 6. The van der Waals surface area contributed by atoms with Gasteiger partial charge < -0.3 is 14.0 Å². The van der Waals surface area contributed by atoms with E-state index in [1.165, 1.54) is 29.5 Å². The SMILES string of the molecule is C=CCn1c(=NC(=O)c2cc(Cl)ccc2[N+](=O)[O-])sc2cc3c(cc21)OCCO3. The van der Waals surface area contributed by atoms with Gasteiger partial charge in [-0.2, -0.15) is 4.99 Å². The van der Waals surface area contributed by atoms with E-state index in [-0.39, 0.29) is 16.3 Å². The molecule has 8 nitrogen and oxygen atoms in total. The average Bonchev–Trinajstić information content (AvgIpc) is 3.02. The molecule has 0 saturated carbocycles. The second-order valence-electron chi connectivity index (χ2n) is 6.08. The van der Waals surface area contributed by atoms with Crippen LogP contribution in [0.4, 0.5) is 5.69 Å². The highest BCUT2D eigenvalue weighted by atomic mass is 35.5. The summed E-state index contributed by atoms with van der Waals surface area (Å²) in [6.45, 7) is 5.06. The first-order valence-electron chi connectivity index (χ1n) is 8.55. The fraction of sp³-hybridized carbons (Fsp3) is 0.158. The molecule has 0 spiro atoms. The van der Waals surface area contributed by atoms with E-state index in [1.807, 2.05) is 12.1 Å². The molecule has 1 amide bonds. The number of allylic oxidation sites excluding steroid dienone is 1. The molecule has 10 heteroatoms. The fourth-order valence-corrected chi connectivity index (χ4v) is 4.20. The zero-order valence-electron chi connectivity index (χ0n) is 15.0. The number of benzene rings is 2. The third-order valence-electron chi connectivity index (χ3n) is 4.24. The lowest BCUT2D eigenvalue weighted by molar-refractivity contribution is -0.385. The second-order valence-corrected chi connectivity index (χ2v) is 7.53. The molecule has 1 aromatic heterocycles. The van der Waals surface area contributed by atoms with Gasteiger partial charge in [-0.25, -0.2) is 0 Å². The number of amides is 1. The van der Waals surface area contributed by atoms with Gasteiger partial charge >= 0.3 is 0 Å². The Morgan fingerprint density at radius 3 is 2.72 bits per heavy atom. The summed E-state index contributed by atoms with van der Waals surface area (Å²) >= 11 is 7.19. The molecule has 0 radical (unpaired) electrons. The molecule has 3 aromatic rings. The molecular formula is C19H14ClN3O5S. The van der Waals surface area contributed by atoms with Gasteiger partial charge in [0.05, 0.1) is 15.1 Å². The monoisotopic (exact) mass is 431 g/mol. The minimum Gasteiger partial charge on any atom is -0.486 e. The van der Waals surface area contributed by atoms with Crippen molar-refractivity contribution in [1.82, 2.24) is 4.57 Å². The van der Waals surface area contributed by atoms with Gasteiger partial charge in [0.25, 0.3) is 11.6 Å². The van der Waals surface area contributed by atoms with Crippen molar-refractivity contribution in [2.75, 3.05) is 13.2 Å². The van der Waals surface area contributed by atoms with E-state index in [4.69, 9.17) is 21.1 Å². The Balaban J connectivity index is 1.89. The third kappa shape index (κ3) is 3.62. The van der Waals surface area contributed by atoms with Gasteiger partial charge in [-0.15, -0.1) is 6.58 Å². The molecular weight excluding hydrogens is 418 g/mol. The summed E-state index contributed by atoms with van der Waals surface area (Å²) < 4.78 is 13.9. The van der Waals surface area contributed by atoms with Crippen molar-refractivity contribution in [3.63, 3.8) is 0 Å². The molecule has 0 aliphatic carbocycles.